The minimum Gasteiger partial charge on any atom is -0.330 e. The Hall–Kier alpha value is -2.37. The SMILES string of the molecule is CC(C)c1nccn1Cc1cccc(NC(=O)c2cc(Cl)nc(Cl)c2)c1. The first-order valence-corrected chi connectivity index (χ1v) is 8.92. The van der Waals surface area contributed by atoms with Gasteiger partial charge in [-0.1, -0.05) is 49.2 Å². The van der Waals surface area contributed by atoms with Crippen LogP contribution >= 0.6 is 23.2 Å². The van der Waals surface area contributed by atoms with Crippen LogP contribution in [-0.2, 0) is 6.54 Å². The second-order valence-corrected chi connectivity index (χ2v) is 7.00. The zero-order valence-electron chi connectivity index (χ0n) is 14.4. The molecule has 134 valence electrons. The van der Waals surface area contributed by atoms with Crippen LogP contribution in [0, 0.1) is 0 Å². The fraction of sp³-hybridized carbons (Fsp3) is 0.211. The second kappa shape index (κ2) is 7.89. The van der Waals surface area contributed by atoms with Crippen molar-refractivity contribution in [3.8, 4) is 0 Å². The van der Waals surface area contributed by atoms with Gasteiger partial charge in [0.15, 0.2) is 0 Å². The molecule has 1 amide bonds. The fourth-order valence-electron chi connectivity index (χ4n) is 2.70. The molecule has 0 unspecified atom stereocenters. The highest BCUT2D eigenvalue weighted by Crippen LogP contribution is 2.19. The predicted molar refractivity (Wildman–Crippen MR) is 104 cm³/mol. The molecule has 3 rings (SSSR count). The molecule has 0 fully saturated rings. The lowest BCUT2D eigenvalue weighted by Crippen LogP contribution is -2.12. The third-order valence-electron chi connectivity index (χ3n) is 3.83. The number of carbonyl (C=O) groups is 1. The standard InChI is InChI=1S/C19H18Cl2N4O/c1-12(2)18-22-6-7-25(18)11-13-4-3-5-15(8-13)23-19(26)14-9-16(20)24-17(21)10-14/h3-10,12H,11H2,1-2H3,(H,23,26). The number of imidazole rings is 1. The van der Waals surface area contributed by atoms with Gasteiger partial charge in [-0.2, -0.15) is 0 Å². The lowest BCUT2D eigenvalue weighted by atomic mass is 10.1. The maximum Gasteiger partial charge on any atom is 0.255 e. The van der Waals surface area contributed by atoms with Crippen molar-refractivity contribution in [2.75, 3.05) is 5.32 Å². The number of pyridine rings is 1. The Labute approximate surface area is 162 Å². The Balaban J connectivity index is 1.77. The monoisotopic (exact) mass is 388 g/mol. The van der Waals surface area contributed by atoms with E-state index in [0.29, 0.717) is 23.7 Å². The Morgan fingerprint density at radius 2 is 1.92 bits per heavy atom. The number of hydrogen-bond acceptors (Lipinski definition) is 3. The molecular weight excluding hydrogens is 371 g/mol. The van der Waals surface area contributed by atoms with Crippen LogP contribution in [0.25, 0.3) is 0 Å². The third-order valence-corrected chi connectivity index (χ3v) is 4.21. The van der Waals surface area contributed by atoms with Gasteiger partial charge in [-0.25, -0.2) is 9.97 Å². The van der Waals surface area contributed by atoms with Crippen molar-refractivity contribution in [2.45, 2.75) is 26.3 Å². The molecule has 2 aromatic heterocycles. The van der Waals surface area contributed by atoms with Gasteiger partial charge in [-0.05, 0) is 29.8 Å². The molecule has 0 bridgehead atoms. The van der Waals surface area contributed by atoms with E-state index in [1.807, 2.05) is 30.5 Å². The van der Waals surface area contributed by atoms with Crippen molar-refractivity contribution in [3.05, 3.63) is 76.0 Å². The summed E-state index contributed by atoms with van der Waals surface area (Å²) in [5, 5.41) is 3.22. The molecule has 2 heterocycles. The molecule has 0 aliphatic carbocycles. The summed E-state index contributed by atoms with van der Waals surface area (Å²) in [6.45, 7) is 4.91. The van der Waals surface area contributed by atoms with Gasteiger partial charge in [0.05, 0.1) is 0 Å². The summed E-state index contributed by atoms with van der Waals surface area (Å²) in [5.74, 6) is 1.08. The number of nitrogens with one attached hydrogen (secondary N) is 1. The van der Waals surface area contributed by atoms with Gasteiger partial charge in [-0.3, -0.25) is 4.79 Å². The van der Waals surface area contributed by atoms with Crippen LogP contribution in [0.5, 0.6) is 0 Å². The summed E-state index contributed by atoms with van der Waals surface area (Å²) < 4.78 is 2.11. The fourth-order valence-corrected chi connectivity index (χ4v) is 3.16. The molecule has 1 N–H and O–H groups in total. The first-order valence-electron chi connectivity index (χ1n) is 8.17. The zero-order chi connectivity index (χ0) is 18.7. The molecule has 0 aliphatic heterocycles. The van der Waals surface area contributed by atoms with Crippen molar-refractivity contribution >= 4 is 34.8 Å². The quantitative estimate of drug-likeness (QED) is 0.624. The summed E-state index contributed by atoms with van der Waals surface area (Å²) in [6, 6.07) is 10.7. The summed E-state index contributed by atoms with van der Waals surface area (Å²) in [5.41, 5.74) is 2.12. The van der Waals surface area contributed by atoms with Crippen molar-refractivity contribution in [1.29, 1.82) is 0 Å². The lowest BCUT2D eigenvalue weighted by molar-refractivity contribution is 0.102. The molecule has 0 aliphatic rings. The molecule has 26 heavy (non-hydrogen) atoms. The van der Waals surface area contributed by atoms with Gasteiger partial charge in [0.2, 0.25) is 0 Å². The van der Waals surface area contributed by atoms with E-state index < -0.39 is 0 Å². The topological polar surface area (TPSA) is 59.8 Å². The minimum absolute atomic E-state index is 0.178. The van der Waals surface area contributed by atoms with E-state index >= 15 is 0 Å². The molecular formula is C19H18Cl2N4O. The molecule has 0 radical (unpaired) electrons. The normalized spacial score (nSPS) is 11.0. The van der Waals surface area contributed by atoms with E-state index in [1.54, 1.807) is 6.20 Å². The van der Waals surface area contributed by atoms with Crippen molar-refractivity contribution < 1.29 is 4.79 Å². The van der Waals surface area contributed by atoms with Crippen LogP contribution in [0.1, 0.15) is 41.5 Å². The molecule has 0 saturated heterocycles. The van der Waals surface area contributed by atoms with E-state index in [4.69, 9.17) is 23.2 Å². The van der Waals surface area contributed by atoms with Crippen molar-refractivity contribution in [3.63, 3.8) is 0 Å². The maximum atomic E-state index is 12.4. The zero-order valence-corrected chi connectivity index (χ0v) is 15.9. The summed E-state index contributed by atoms with van der Waals surface area (Å²) in [6.07, 6.45) is 3.76. The third kappa shape index (κ3) is 4.42. The van der Waals surface area contributed by atoms with Crippen LogP contribution < -0.4 is 5.32 Å². The summed E-state index contributed by atoms with van der Waals surface area (Å²) >= 11 is 11.7. The second-order valence-electron chi connectivity index (χ2n) is 6.22. The number of carbonyl (C=O) groups excluding carboxylic acids is 1. The smallest absolute Gasteiger partial charge is 0.255 e. The number of rotatable bonds is 5. The molecule has 1 aromatic carbocycles. The van der Waals surface area contributed by atoms with Gasteiger partial charge in [0.1, 0.15) is 16.1 Å². The van der Waals surface area contributed by atoms with Crippen LogP contribution in [0.3, 0.4) is 0 Å². The largest absolute Gasteiger partial charge is 0.330 e. The highest BCUT2D eigenvalue weighted by Gasteiger charge is 2.11. The Kier molecular flexibility index (Phi) is 5.59. The average Bonchev–Trinajstić information content (AvgIpc) is 3.02. The predicted octanol–water partition coefficient (Wildman–Crippen LogP) is 5.01. The van der Waals surface area contributed by atoms with Crippen LogP contribution in [-0.4, -0.2) is 20.4 Å². The molecule has 5 nitrogen and oxygen atoms in total. The van der Waals surface area contributed by atoms with Gasteiger partial charge in [-0.15, -0.1) is 0 Å². The van der Waals surface area contributed by atoms with Crippen molar-refractivity contribution in [2.24, 2.45) is 0 Å². The van der Waals surface area contributed by atoms with Gasteiger partial charge < -0.3 is 9.88 Å². The maximum absolute atomic E-state index is 12.4. The van der Waals surface area contributed by atoms with Crippen molar-refractivity contribution in [1.82, 2.24) is 14.5 Å². The van der Waals surface area contributed by atoms with E-state index in [-0.39, 0.29) is 16.2 Å². The molecule has 0 spiro atoms. The highest BCUT2D eigenvalue weighted by molar-refractivity contribution is 6.33. The van der Waals surface area contributed by atoms with Crippen LogP contribution in [0.2, 0.25) is 10.3 Å². The number of anilines is 1. The average molecular weight is 389 g/mol. The van der Waals surface area contributed by atoms with E-state index in [9.17, 15) is 4.79 Å². The Morgan fingerprint density at radius 1 is 1.19 bits per heavy atom. The first kappa shape index (κ1) is 18.4. The number of benzene rings is 1. The Morgan fingerprint density at radius 3 is 2.62 bits per heavy atom. The van der Waals surface area contributed by atoms with Gasteiger partial charge >= 0.3 is 0 Å². The Bertz CT molecular complexity index is 917. The number of nitrogens with zero attached hydrogens (tertiary/aromatic N) is 3. The summed E-state index contributed by atoms with van der Waals surface area (Å²) in [4.78, 5) is 20.7. The first-order chi connectivity index (χ1) is 12.4. The number of hydrogen-bond donors (Lipinski definition) is 1. The van der Waals surface area contributed by atoms with Crippen LogP contribution in [0.4, 0.5) is 5.69 Å². The van der Waals surface area contributed by atoms with Gasteiger partial charge in [0, 0.05) is 36.1 Å². The van der Waals surface area contributed by atoms with E-state index in [0.717, 1.165) is 11.4 Å². The summed E-state index contributed by atoms with van der Waals surface area (Å²) in [7, 11) is 0. The van der Waals surface area contributed by atoms with Gasteiger partial charge in [0.25, 0.3) is 5.91 Å². The lowest BCUT2D eigenvalue weighted by Gasteiger charge is -2.12. The molecule has 7 heteroatoms. The number of amides is 1. The molecule has 0 atom stereocenters. The number of halogens is 2. The van der Waals surface area contributed by atoms with E-state index in [1.165, 1.54) is 12.1 Å². The molecule has 3 aromatic rings. The van der Waals surface area contributed by atoms with E-state index in [2.05, 4.69) is 33.7 Å². The van der Waals surface area contributed by atoms with Crippen LogP contribution in [0.15, 0.2) is 48.8 Å². The number of aromatic nitrogens is 3. The highest BCUT2D eigenvalue weighted by atomic mass is 35.5. The minimum atomic E-state index is -0.293. The molecule has 0 saturated carbocycles.